The fourth-order valence-electron chi connectivity index (χ4n) is 2.58. The summed E-state index contributed by atoms with van der Waals surface area (Å²) >= 11 is 6.01. The quantitative estimate of drug-likeness (QED) is 0.740. The molecule has 0 aliphatic carbocycles. The molecule has 3 N–H and O–H groups in total. The zero-order chi connectivity index (χ0) is 18.4. The summed E-state index contributed by atoms with van der Waals surface area (Å²) in [6, 6.07) is 11.2. The number of carbonyl (C=O) groups excluding carboxylic acids is 2. The van der Waals surface area contributed by atoms with Crippen LogP contribution in [0.15, 0.2) is 36.4 Å². The molecule has 0 saturated heterocycles. The van der Waals surface area contributed by atoms with Crippen molar-refractivity contribution in [2.75, 3.05) is 23.7 Å². The summed E-state index contributed by atoms with van der Waals surface area (Å²) in [6.45, 7) is 5.86. The summed E-state index contributed by atoms with van der Waals surface area (Å²) in [5.74, 6) is -0.548. The van der Waals surface area contributed by atoms with E-state index >= 15 is 0 Å². The van der Waals surface area contributed by atoms with E-state index in [-0.39, 0.29) is 24.9 Å². The monoisotopic (exact) mass is 359 g/mol. The number of hydrogen-bond donors (Lipinski definition) is 3. The maximum Gasteiger partial charge on any atom is 0.243 e. The van der Waals surface area contributed by atoms with Crippen LogP contribution in [0.5, 0.6) is 0 Å². The van der Waals surface area contributed by atoms with Crippen LogP contribution in [0.25, 0.3) is 0 Å². The Morgan fingerprint density at radius 1 is 0.960 bits per heavy atom. The first-order valence-corrected chi connectivity index (χ1v) is 8.37. The van der Waals surface area contributed by atoms with Gasteiger partial charge in [0.25, 0.3) is 0 Å². The molecule has 0 aliphatic heterocycles. The molecule has 0 saturated carbocycles. The lowest BCUT2D eigenvalue weighted by Gasteiger charge is -2.13. The normalized spacial score (nSPS) is 10.2. The third-order valence-corrected chi connectivity index (χ3v) is 4.03. The minimum absolute atomic E-state index is 0.0413. The molecule has 0 spiro atoms. The molecular formula is C19H22ClN3O2. The standard InChI is InChI=1S/C19H22ClN3O2/c1-12-8-13(2)19(14(3)9-12)23-18(25)11-22-17(24)10-21-16-7-5-4-6-15(16)20/h4-9,21H,10-11H2,1-3H3,(H,22,24)(H,23,25). The molecule has 25 heavy (non-hydrogen) atoms. The summed E-state index contributed by atoms with van der Waals surface area (Å²) in [7, 11) is 0. The van der Waals surface area contributed by atoms with Crippen molar-refractivity contribution in [2.45, 2.75) is 20.8 Å². The summed E-state index contributed by atoms with van der Waals surface area (Å²) in [6.07, 6.45) is 0. The first-order valence-electron chi connectivity index (χ1n) is 7.99. The second-order valence-corrected chi connectivity index (χ2v) is 6.34. The Balaban J connectivity index is 1.82. The first-order chi connectivity index (χ1) is 11.9. The Kier molecular flexibility index (Phi) is 6.42. The maximum absolute atomic E-state index is 12.1. The molecular weight excluding hydrogens is 338 g/mol. The smallest absolute Gasteiger partial charge is 0.243 e. The van der Waals surface area contributed by atoms with Gasteiger partial charge in [0.15, 0.2) is 0 Å². The molecule has 0 radical (unpaired) electrons. The van der Waals surface area contributed by atoms with E-state index in [1.807, 2.05) is 45.0 Å². The molecule has 5 nitrogen and oxygen atoms in total. The molecule has 132 valence electrons. The summed E-state index contributed by atoms with van der Waals surface area (Å²) in [4.78, 5) is 23.9. The maximum atomic E-state index is 12.1. The van der Waals surface area contributed by atoms with Crippen molar-refractivity contribution >= 4 is 34.8 Å². The highest BCUT2D eigenvalue weighted by molar-refractivity contribution is 6.33. The zero-order valence-electron chi connectivity index (χ0n) is 14.6. The highest BCUT2D eigenvalue weighted by Gasteiger charge is 2.10. The highest BCUT2D eigenvalue weighted by Crippen LogP contribution is 2.22. The van der Waals surface area contributed by atoms with Gasteiger partial charge in [0.2, 0.25) is 11.8 Å². The molecule has 0 unspecified atom stereocenters. The fraction of sp³-hybridized carbons (Fsp3) is 0.263. The number of hydrogen-bond acceptors (Lipinski definition) is 3. The number of halogens is 1. The third kappa shape index (κ3) is 5.50. The minimum atomic E-state index is -0.285. The lowest BCUT2D eigenvalue weighted by Crippen LogP contribution is -2.36. The van der Waals surface area contributed by atoms with Crippen molar-refractivity contribution in [3.8, 4) is 0 Å². The van der Waals surface area contributed by atoms with Crippen LogP contribution in [-0.4, -0.2) is 24.9 Å². The van der Waals surface area contributed by atoms with Crippen molar-refractivity contribution in [1.29, 1.82) is 0 Å². The highest BCUT2D eigenvalue weighted by atomic mass is 35.5. The van der Waals surface area contributed by atoms with Crippen molar-refractivity contribution in [1.82, 2.24) is 5.32 Å². The van der Waals surface area contributed by atoms with Crippen LogP contribution < -0.4 is 16.0 Å². The van der Waals surface area contributed by atoms with Gasteiger partial charge >= 0.3 is 0 Å². The van der Waals surface area contributed by atoms with Crippen LogP contribution in [0.4, 0.5) is 11.4 Å². The predicted molar refractivity (Wildman–Crippen MR) is 102 cm³/mol. The van der Waals surface area contributed by atoms with Crippen LogP contribution in [-0.2, 0) is 9.59 Å². The van der Waals surface area contributed by atoms with Gasteiger partial charge in [-0.1, -0.05) is 41.4 Å². The van der Waals surface area contributed by atoms with Gasteiger partial charge in [-0.25, -0.2) is 0 Å². The number of carbonyl (C=O) groups is 2. The Hall–Kier alpha value is -2.53. The zero-order valence-corrected chi connectivity index (χ0v) is 15.3. The summed E-state index contributed by atoms with van der Waals surface area (Å²) in [5, 5.41) is 8.91. The Bertz CT molecular complexity index is 767. The number of nitrogens with one attached hydrogen (secondary N) is 3. The average molecular weight is 360 g/mol. The van der Waals surface area contributed by atoms with Gasteiger partial charge in [-0.05, 0) is 44.0 Å². The van der Waals surface area contributed by atoms with Crippen molar-refractivity contribution < 1.29 is 9.59 Å². The van der Waals surface area contributed by atoms with Gasteiger partial charge < -0.3 is 16.0 Å². The van der Waals surface area contributed by atoms with Gasteiger partial charge in [-0.2, -0.15) is 0 Å². The SMILES string of the molecule is Cc1cc(C)c(NC(=O)CNC(=O)CNc2ccccc2Cl)c(C)c1. The van der Waals surface area contributed by atoms with Crippen LogP contribution >= 0.6 is 11.6 Å². The van der Waals surface area contributed by atoms with Gasteiger partial charge in [-0.15, -0.1) is 0 Å². The molecule has 6 heteroatoms. The number of para-hydroxylation sites is 1. The van der Waals surface area contributed by atoms with E-state index in [0.29, 0.717) is 10.7 Å². The minimum Gasteiger partial charge on any atom is -0.375 e. The van der Waals surface area contributed by atoms with Crippen LogP contribution in [0.2, 0.25) is 5.02 Å². The largest absolute Gasteiger partial charge is 0.375 e. The first kappa shape index (κ1) is 18.8. The summed E-state index contributed by atoms with van der Waals surface area (Å²) in [5.41, 5.74) is 4.61. The lowest BCUT2D eigenvalue weighted by molar-refractivity contribution is -0.122. The fourth-order valence-corrected chi connectivity index (χ4v) is 2.78. The molecule has 0 bridgehead atoms. The lowest BCUT2D eigenvalue weighted by atomic mass is 10.1. The Labute approximate surface area is 152 Å². The summed E-state index contributed by atoms with van der Waals surface area (Å²) < 4.78 is 0. The Morgan fingerprint density at radius 3 is 2.24 bits per heavy atom. The van der Waals surface area contributed by atoms with E-state index in [2.05, 4.69) is 16.0 Å². The predicted octanol–water partition coefficient (Wildman–Crippen LogP) is 3.43. The molecule has 2 rings (SSSR count). The molecule has 2 amide bonds. The van der Waals surface area contributed by atoms with E-state index < -0.39 is 0 Å². The number of benzene rings is 2. The van der Waals surface area contributed by atoms with Crippen molar-refractivity contribution in [2.24, 2.45) is 0 Å². The molecule has 0 atom stereocenters. The van der Waals surface area contributed by atoms with Gasteiger partial charge in [0.05, 0.1) is 23.8 Å². The van der Waals surface area contributed by atoms with Crippen LogP contribution in [0.3, 0.4) is 0 Å². The molecule has 0 heterocycles. The average Bonchev–Trinajstić information content (AvgIpc) is 2.55. The number of amides is 2. The van der Waals surface area contributed by atoms with Gasteiger partial charge in [0.1, 0.15) is 0 Å². The topological polar surface area (TPSA) is 70.2 Å². The molecule has 2 aromatic rings. The van der Waals surface area contributed by atoms with E-state index in [4.69, 9.17) is 11.6 Å². The number of aryl methyl sites for hydroxylation is 3. The third-order valence-electron chi connectivity index (χ3n) is 3.70. The molecule has 0 fully saturated rings. The number of rotatable bonds is 6. The van der Waals surface area contributed by atoms with Gasteiger partial charge in [-0.3, -0.25) is 9.59 Å². The van der Waals surface area contributed by atoms with Gasteiger partial charge in [0, 0.05) is 5.69 Å². The van der Waals surface area contributed by atoms with E-state index in [0.717, 1.165) is 22.4 Å². The van der Waals surface area contributed by atoms with Crippen molar-refractivity contribution in [3.05, 3.63) is 58.1 Å². The van der Waals surface area contributed by atoms with Crippen molar-refractivity contribution in [3.63, 3.8) is 0 Å². The molecule has 0 aliphatic rings. The van der Waals surface area contributed by atoms with E-state index in [9.17, 15) is 9.59 Å². The Morgan fingerprint density at radius 2 is 1.60 bits per heavy atom. The molecule has 0 aromatic heterocycles. The van der Waals surface area contributed by atoms with Crippen LogP contribution in [0, 0.1) is 20.8 Å². The molecule has 2 aromatic carbocycles. The second-order valence-electron chi connectivity index (χ2n) is 5.93. The second kappa shape index (κ2) is 8.53. The van der Waals surface area contributed by atoms with Crippen LogP contribution in [0.1, 0.15) is 16.7 Å². The van der Waals surface area contributed by atoms with E-state index in [1.54, 1.807) is 12.1 Å². The van der Waals surface area contributed by atoms with E-state index in [1.165, 1.54) is 0 Å². The number of anilines is 2.